The van der Waals surface area contributed by atoms with Crippen molar-refractivity contribution in [2.24, 2.45) is 5.73 Å². The fourth-order valence-corrected chi connectivity index (χ4v) is 1.69. The highest BCUT2D eigenvalue weighted by molar-refractivity contribution is 5.79. The van der Waals surface area contributed by atoms with E-state index in [2.05, 4.69) is 17.1 Å². The van der Waals surface area contributed by atoms with Gasteiger partial charge < -0.3 is 5.73 Å². The lowest BCUT2D eigenvalue weighted by Gasteiger charge is -2.10. The predicted molar refractivity (Wildman–Crippen MR) is 59.1 cm³/mol. The average molecular weight is 186 g/mol. The Hall–Kier alpha value is -1.41. The van der Waals surface area contributed by atoms with E-state index < -0.39 is 0 Å². The van der Waals surface area contributed by atoms with Crippen molar-refractivity contribution in [3.8, 4) is 0 Å². The molecule has 2 aromatic rings. The number of aryl methyl sites for hydroxylation is 1. The highest BCUT2D eigenvalue weighted by Gasteiger charge is 2.05. The van der Waals surface area contributed by atoms with E-state index in [4.69, 9.17) is 5.73 Å². The zero-order valence-corrected chi connectivity index (χ0v) is 8.49. The van der Waals surface area contributed by atoms with E-state index >= 15 is 0 Å². The van der Waals surface area contributed by atoms with Crippen molar-refractivity contribution in [2.75, 3.05) is 0 Å². The van der Waals surface area contributed by atoms with Crippen LogP contribution >= 0.6 is 0 Å². The first-order valence-electron chi connectivity index (χ1n) is 4.80. The molecule has 2 N–H and O–H groups in total. The number of nitrogens with zero attached hydrogens (tertiary/aromatic N) is 1. The zero-order valence-electron chi connectivity index (χ0n) is 8.49. The van der Waals surface area contributed by atoms with Gasteiger partial charge in [-0.25, -0.2) is 0 Å². The normalized spacial score (nSPS) is 13.1. The van der Waals surface area contributed by atoms with Crippen molar-refractivity contribution in [1.29, 1.82) is 0 Å². The molecule has 0 saturated carbocycles. The van der Waals surface area contributed by atoms with E-state index in [1.165, 1.54) is 0 Å². The van der Waals surface area contributed by atoms with Gasteiger partial charge in [-0.3, -0.25) is 4.98 Å². The molecule has 1 aromatic carbocycles. The standard InChI is InChI=1S/C12H14N2/c1-8(13)11-7-10-5-3-4-6-12(10)14-9(11)2/h3-8H,13H2,1-2H3/t8-/m0/s1. The molecule has 0 radical (unpaired) electrons. The van der Waals surface area contributed by atoms with E-state index in [0.717, 1.165) is 22.2 Å². The van der Waals surface area contributed by atoms with Crippen LogP contribution < -0.4 is 5.73 Å². The molecule has 2 heteroatoms. The average Bonchev–Trinajstić information content (AvgIpc) is 2.16. The Kier molecular flexibility index (Phi) is 2.22. The van der Waals surface area contributed by atoms with Crippen molar-refractivity contribution in [2.45, 2.75) is 19.9 Å². The number of benzene rings is 1. The molecular formula is C12H14N2. The van der Waals surface area contributed by atoms with E-state index in [1.54, 1.807) is 0 Å². The smallest absolute Gasteiger partial charge is 0.0705 e. The minimum absolute atomic E-state index is 0.0482. The van der Waals surface area contributed by atoms with Gasteiger partial charge in [-0.15, -0.1) is 0 Å². The van der Waals surface area contributed by atoms with Crippen molar-refractivity contribution < 1.29 is 0 Å². The number of nitrogens with two attached hydrogens (primary N) is 1. The lowest BCUT2D eigenvalue weighted by molar-refractivity contribution is 0.803. The first-order valence-corrected chi connectivity index (χ1v) is 4.80. The summed E-state index contributed by atoms with van der Waals surface area (Å²) in [5.74, 6) is 0. The van der Waals surface area contributed by atoms with Gasteiger partial charge in [-0.1, -0.05) is 18.2 Å². The van der Waals surface area contributed by atoms with Crippen LogP contribution in [0.1, 0.15) is 24.2 Å². The van der Waals surface area contributed by atoms with Gasteiger partial charge in [-0.05, 0) is 31.5 Å². The van der Waals surface area contributed by atoms with E-state index in [0.29, 0.717) is 0 Å². The van der Waals surface area contributed by atoms with Crippen LogP contribution in [0.25, 0.3) is 10.9 Å². The van der Waals surface area contributed by atoms with Gasteiger partial charge in [0.15, 0.2) is 0 Å². The summed E-state index contributed by atoms with van der Waals surface area (Å²) >= 11 is 0. The minimum atomic E-state index is 0.0482. The number of aromatic nitrogens is 1. The third-order valence-corrected chi connectivity index (χ3v) is 2.44. The molecule has 0 amide bonds. The second kappa shape index (κ2) is 3.39. The van der Waals surface area contributed by atoms with Crippen molar-refractivity contribution in [1.82, 2.24) is 4.98 Å². The van der Waals surface area contributed by atoms with Gasteiger partial charge in [0.1, 0.15) is 0 Å². The van der Waals surface area contributed by atoms with Gasteiger partial charge in [0.05, 0.1) is 5.52 Å². The Morgan fingerprint density at radius 2 is 2.00 bits per heavy atom. The molecule has 1 atom stereocenters. The summed E-state index contributed by atoms with van der Waals surface area (Å²) in [6.07, 6.45) is 0. The van der Waals surface area contributed by atoms with E-state index in [9.17, 15) is 0 Å². The highest BCUT2D eigenvalue weighted by atomic mass is 14.7. The summed E-state index contributed by atoms with van der Waals surface area (Å²) in [7, 11) is 0. The number of fused-ring (bicyclic) bond motifs is 1. The van der Waals surface area contributed by atoms with Gasteiger partial charge in [0, 0.05) is 17.1 Å². The molecule has 1 heterocycles. The Bertz CT molecular complexity index is 461. The molecule has 2 rings (SSSR count). The number of pyridine rings is 1. The van der Waals surface area contributed by atoms with Crippen LogP contribution in [0.5, 0.6) is 0 Å². The molecule has 0 fully saturated rings. The highest BCUT2D eigenvalue weighted by Crippen LogP contribution is 2.19. The maximum atomic E-state index is 5.87. The second-order valence-corrected chi connectivity index (χ2v) is 3.64. The van der Waals surface area contributed by atoms with E-state index in [-0.39, 0.29) is 6.04 Å². The molecule has 2 nitrogen and oxygen atoms in total. The molecule has 14 heavy (non-hydrogen) atoms. The summed E-state index contributed by atoms with van der Waals surface area (Å²) in [6.45, 7) is 3.99. The van der Waals surface area contributed by atoms with Gasteiger partial charge in [0.25, 0.3) is 0 Å². The minimum Gasteiger partial charge on any atom is -0.324 e. The summed E-state index contributed by atoms with van der Waals surface area (Å²) in [5.41, 5.74) is 9.06. The van der Waals surface area contributed by atoms with Crippen LogP contribution in [0.2, 0.25) is 0 Å². The summed E-state index contributed by atoms with van der Waals surface area (Å²) in [5, 5.41) is 1.16. The fourth-order valence-electron chi connectivity index (χ4n) is 1.69. The SMILES string of the molecule is Cc1nc2ccccc2cc1[C@H](C)N. The summed E-state index contributed by atoms with van der Waals surface area (Å²) in [6, 6.07) is 10.3. The molecule has 0 spiro atoms. The third-order valence-electron chi connectivity index (χ3n) is 2.44. The largest absolute Gasteiger partial charge is 0.324 e. The Morgan fingerprint density at radius 1 is 1.29 bits per heavy atom. The summed E-state index contributed by atoms with van der Waals surface area (Å²) < 4.78 is 0. The fraction of sp³-hybridized carbons (Fsp3) is 0.250. The molecular weight excluding hydrogens is 172 g/mol. The Labute approximate surface area is 83.8 Å². The van der Waals surface area contributed by atoms with Crippen molar-refractivity contribution in [3.05, 3.63) is 41.6 Å². The third kappa shape index (κ3) is 1.49. The van der Waals surface area contributed by atoms with E-state index in [1.807, 2.05) is 32.0 Å². The monoisotopic (exact) mass is 186 g/mol. The molecule has 0 aliphatic rings. The lowest BCUT2D eigenvalue weighted by atomic mass is 10.0. The molecule has 1 aromatic heterocycles. The number of rotatable bonds is 1. The molecule has 0 saturated heterocycles. The van der Waals surface area contributed by atoms with Crippen LogP contribution in [0, 0.1) is 6.92 Å². The first kappa shape index (κ1) is 9.16. The maximum absolute atomic E-state index is 5.87. The number of hydrogen-bond acceptors (Lipinski definition) is 2. The molecule has 72 valence electrons. The van der Waals surface area contributed by atoms with Gasteiger partial charge in [0.2, 0.25) is 0 Å². The van der Waals surface area contributed by atoms with Crippen LogP contribution in [-0.2, 0) is 0 Å². The van der Waals surface area contributed by atoms with Crippen LogP contribution in [0.15, 0.2) is 30.3 Å². The zero-order chi connectivity index (χ0) is 10.1. The van der Waals surface area contributed by atoms with Crippen molar-refractivity contribution in [3.63, 3.8) is 0 Å². The van der Waals surface area contributed by atoms with Gasteiger partial charge in [-0.2, -0.15) is 0 Å². The second-order valence-electron chi connectivity index (χ2n) is 3.64. The van der Waals surface area contributed by atoms with Gasteiger partial charge >= 0.3 is 0 Å². The van der Waals surface area contributed by atoms with Crippen LogP contribution in [0.3, 0.4) is 0 Å². The lowest BCUT2D eigenvalue weighted by Crippen LogP contribution is -2.07. The first-order chi connectivity index (χ1) is 6.68. The molecule has 0 aliphatic heterocycles. The number of hydrogen-bond donors (Lipinski definition) is 1. The Morgan fingerprint density at radius 3 is 2.71 bits per heavy atom. The molecule has 0 bridgehead atoms. The maximum Gasteiger partial charge on any atom is 0.0705 e. The number of para-hydroxylation sites is 1. The van der Waals surface area contributed by atoms with Crippen LogP contribution in [0.4, 0.5) is 0 Å². The van der Waals surface area contributed by atoms with Crippen molar-refractivity contribution >= 4 is 10.9 Å². The van der Waals surface area contributed by atoms with Crippen LogP contribution in [-0.4, -0.2) is 4.98 Å². The summed E-state index contributed by atoms with van der Waals surface area (Å²) in [4.78, 5) is 4.52. The predicted octanol–water partition coefficient (Wildman–Crippen LogP) is 2.56. The quantitative estimate of drug-likeness (QED) is 0.743. The molecule has 0 aliphatic carbocycles. The Balaban J connectivity index is 2.71. The topological polar surface area (TPSA) is 38.9 Å². The molecule has 0 unspecified atom stereocenters.